The van der Waals surface area contributed by atoms with E-state index in [4.69, 9.17) is 0 Å². The molecule has 0 saturated carbocycles. The van der Waals surface area contributed by atoms with Gasteiger partial charge in [0.15, 0.2) is 0 Å². The van der Waals surface area contributed by atoms with Crippen molar-refractivity contribution in [3.63, 3.8) is 0 Å². The van der Waals surface area contributed by atoms with Crippen molar-refractivity contribution in [2.45, 2.75) is 19.5 Å². The molecule has 0 spiro atoms. The summed E-state index contributed by atoms with van der Waals surface area (Å²) in [4.78, 5) is 12.0. The van der Waals surface area contributed by atoms with Crippen LogP contribution >= 0.6 is 0 Å². The lowest BCUT2D eigenvalue weighted by Crippen LogP contribution is -2.34. The van der Waals surface area contributed by atoms with Crippen LogP contribution in [0.5, 0.6) is 0 Å². The number of carbonyl (C=O) groups excluding carboxylic acids is 1. The zero-order valence-corrected chi connectivity index (χ0v) is 13.4. The van der Waals surface area contributed by atoms with Gasteiger partial charge in [0.25, 0.3) is 0 Å². The van der Waals surface area contributed by atoms with Crippen LogP contribution in [0.25, 0.3) is 11.8 Å². The first-order chi connectivity index (χ1) is 11.7. The van der Waals surface area contributed by atoms with E-state index in [1.807, 2.05) is 55.7 Å². The van der Waals surface area contributed by atoms with Crippen molar-refractivity contribution in [1.82, 2.24) is 24.9 Å². The molecular weight excluding hydrogens is 302 g/mol. The molecule has 2 heterocycles. The maximum absolute atomic E-state index is 12.0. The van der Waals surface area contributed by atoms with Gasteiger partial charge in [0.2, 0.25) is 5.91 Å². The molecule has 6 nitrogen and oxygen atoms in total. The maximum Gasteiger partial charge on any atom is 0.244 e. The minimum atomic E-state index is -0.137. The van der Waals surface area contributed by atoms with Crippen LogP contribution in [0.2, 0.25) is 0 Å². The highest BCUT2D eigenvalue weighted by atomic mass is 16.1. The summed E-state index contributed by atoms with van der Waals surface area (Å²) in [5, 5.41) is 11.3. The first-order valence-electron chi connectivity index (χ1n) is 7.77. The van der Waals surface area contributed by atoms with E-state index in [9.17, 15) is 4.79 Å². The molecule has 24 heavy (non-hydrogen) atoms. The van der Waals surface area contributed by atoms with Crippen LogP contribution < -0.4 is 5.32 Å². The van der Waals surface area contributed by atoms with Crippen molar-refractivity contribution >= 4 is 12.0 Å². The van der Waals surface area contributed by atoms with E-state index in [0.717, 1.165) is 11.3 Å². The standard InChI is InChI=1S/C18H19N5O/c1-15(13-22-11-5-10-19-22)21-18(24)9-8-16-12-20-23(14-16)17-6-3-2-4-7-17/h2-12,14-15H,13H2,1H3,(H,21,24)/b9-8+. The Kier molecular flexibility index (Phi) is 4.86. The Morgan fingerprint density at radius 2 is 2.08 bits per heavy atom. The monoisotopic (exact) mass is 321 g/mol. The van der Waals surface area contributed by atoms with Gasteiger partial charge in [0, 0.05) is 36.3 Å². The molecule has 0 aliphatic rings. The van der Waals surface area contributed by atoms with Gasteiger partial charge in [-0.15, -0.1) is 0 Å². The summed E-state index contributed by atoms with van der Waals surface area (Å²) in [5.74, 6) is -0.137. The summed E-state index contributed by atoms with van der Waals surface area (Å²) >= 11 is 0. The second-order valence-corrected chi connectivity index (χ2v) is 5.52. The molecule has 0 radical (unpaired) electrons. The molecule has 0 aliphatic heterocycles. The summed E-state index contributed by atoms with van der Waals surface area (Å²) < 4.78 is 3.57. The number of para-hydroxylation sites is 1. The van der Waals surface area contributed by atoms with Crippen LogP contribution in [0.15, 0.2) is 67.3 Å². The maximum atomic E-state index is 12.0. The molecule has 1 aromatic carbocycles. The number of rotatable bonds is 6. The molecule has 0 bridgehead atoms. The SMILES string of the molecule is CC(Cn1cccn1)NC(=O)/C=C/c1cnn(-c2ccccc2)c1. The van der Waals surface area contributed by atoms with Crippen molar-refractivity contribution in [1.29, 1.82) is 0 Å². The Morgan fingerprint density at radius 1 is 1.25 bits per heavy atom. The van der Waals surface area contributed by atoms with E-state index in [-0.39, 0.29) is 11.9 Å². The molecule has 3 rings (SSSR count). The van der Waals surface area contributed by atoms with E-state index < -0.39 is 0 Å². The Bertz CT molecular complexity index is 805. The third-order valence-corrected chi connectivity index (χ3v) is 3.46. The first-order valence-corrected chi connectivity index (χ1v) is 7.77. The highest BCUT2D eigenvalue weighted by Crippen LogP contribution is 2.08. The van der Waals surface area contributed by atoms with Gasteiger partial charge in [-0.3, -0.25) is 9.48 Å². The Balaban J connectivity index is 1.55. The Morgan fingerprint density at radius 3 is 2.83 bits per heavy atom. The van der Waals surface area contributed by atoms with Gasteiger partial charge in [-0.1, -0.05) is 18.2 Å². The number of nitrogens with zero attached hydrogens (tertiary/aromatic N) is 4. The lowest BCUT2D eigenvalue weighted by molar-refractivity contribution is -0.117. The molecule has 3 aromatic rings. The Hall–Kier alpha value is -3.15. The first kappa shape index (κ1) is 15.7. The molecule has 1 N–H and O–H groups in total. The van der Waals surface area contributed by atoms with Crippen molar-refractivity contribution in [3.8, 4) is 5.69 Å². The quantitative estimate of drug-likeness (QED) is 0.709. The summed E-state index contributed by atoms with van der Waals surface area (Å²) in [6.07, 6.45) is 10.5. The van der Waals surface area contributed by atoms with Crippen LogP contribution in [-0.2, 0) is 11.3 Å². The molecule has 0 fully saturated rings. The van der Waals surface area contributed by atoms with Crippen molar-refractivity contribution in [2.75, 3.05) is 0 Å². The van der Waals surface area contributed by atoms with Gasteiger partial charge in [-0.2, -0.15) is 10.2 Å². The molecule has 1 unspecified atom stereocenters. The van der Waals surface area contributed by atoms with Crippen molar-refractivity contribution < 1.29 is 4.79 Å². The van der Waals surface area contributed by atoms with Gasteiger partial charge < -0.3 is 5.32 Å². The third-order valence-electron chi connectivity index (χ3n) is 3.46. The summed E-state index contributed by atoms with van der Waals surface area (Å²) in [7, 11) is 0. The summed E-state index contributed by atoms with van der Waals surface area (Å²) in [6.45, 7) is 2.58. The van der Waals surface area contributed by atoms with Gasteiger partial charge in [-0.25, -0.2) is 4.68 Å². The number of hydrogen-bond acceptors (Lipinski definition) is 3. The van der Waals surface area contributed by atoms with E-state index in [0.29, 0.717) is 6.54 Å². The zero-order valence-electron chi connectivity index (χ0n) is 13.4. The molecule has 0 saturated heterocycles. The fourth-order valence-corrected chi connectivity index (χ4v) is 2.34. The predicted molar refractivity (Wildman–Crippen MR) is 92.4 cm³/mol. The summed E-state index contributed by atoms with van der Waals surface area (Å²) in [5.41, 5.74) is 1.85. The van der Waals surface area contributed by atoms with E-state index in [2.05, 4.69) is 15.5 Å². The highest BCUT2D eigenvalue weighted by Gasteiger charge is 2.06. The van der Waals surface area contributed by atoms with Gasteiger partial charge in [0.05, 0.1) is 18.4 Å². The molecule has 6 heteroatoms. The average molecular weight is 321 g/mol. The van der Waals surface area contributed by atoms with Crippen molar-refractivity contribution in [3.05, 3.63) is 72.8 Å². The second kappa shape index (κ2) is 7.41. The minimum absolute atomic E-state index is 0.00547. The van der Waals surface area contributed by atoms with Crippen LogP contribution in [0, 0.1) is 0 Å². The highest BCUT2D eigenvalue weighted by molar-refractivity contribution is 5.91. The second-order valence-electron chi connectivity index (χ2n) is 5.52. The van der Waals surface area contributed by atoms with Crippen molar-refractivity contribution in [2.24, 2.45) is 0 Å². The summed E-state index contributed by atoms with van der Waals surface area (Å²) in [6, 6.07) is 11.7. The largest absolute Gasteiger partial charge is 0.348 e. The predicted octanol–water partition coefficient (Wildman–Crippen LogP) is 2.29. The normalized spacial score (nSPS) is 12.4. The van der Waals surface area contributed by atoms with Gasteiger partial charge in [-0.05, 0) is 31.2 Å². The van der Waals surface area contributed by atoms with Crippen LogP contribution in [-0.4, -0.2) is 31.5 Å². The molecular formula is C18H19N5O. The smallest absolute Gasteiger partial charge is 0.244 e. The minimum Gasteiger partial charge on any atom is -0.348 e. The molecule has 1 amide bonds. The number of benzene rings is 1. The van der Waals surface area contributed by atoms with E-state index in [1.54, 1.807) is 27.8 Å². The fraction of sp³-hybridized carbons (Fsp3) is 0.167. The lowest BCUT2D eigenvalue weighted by atomic mass is 10.3. The van der Waals surface area contributed by atoms with E-state index >= 15 is 0 Å². The molecule has 2 aromatic heterocycles. The zero-order chi connectivity index (χ0) is 16.8. The van der Waals surface area contributed by atoms with E-state index in [1.165, 1.54) is 6.08 Å². The van der Waals surface area contributed by atoms with Crippen LogP contribution in [0.1, 0.15) is 12.5 Å². The molecule has 0 aliphatic carbocycles. The topological polar surface area (TPSA) is 64.7 Å². The lowest BCUT2D eigenvalue weighted by Gasteiger charge is -2.12. The number of nitrogens with one attached hydrogen (secondary N) is 1. The molecule has 122 valence electrons. The fourth-order valence-electron chi connectivity index (χ4n) is 2.34. The Labute approximate surface area is 140 Å². The van der Waals surface area contributed by atoms with Crippen LogP contribution in [0.4, 0.5) is 0 Å². The molecule has 1 atom stereocenters. The number of aromatic nitrogens is 4. The van der Waals surface area contributed by atoms with Gasteiger partial charge >= 0.3 is 0 Å². The number of amides is 1. The average Bonchev–Trinajstić information content (AvgIpc) is 3.25. The number of hydrogen-bond donors (Lipinski definition) is 1. The third kappa shape index (κ3) is 4.19. The number of carbonyl (C=O) groups is 1. The van der Waals surface area contributed by atoms with Crippen LogP contribution in [0.3, 0.4) is 0 Å². The van der Waals surface area contributed by atoms with Gasteiger partial charge in [0.1, 0.15) is 0 Å².